The third kappa shape index (κ3) is 4.87. The van der Waals surface area contributed by atoms with Crippen molar-refractivity contribution in [2.75, 3.05) is 7.11 Å². The Hall–Kier alpha value is -1.75. The third-order valence-electron chi connectivity index (χ3n) is 3.34. The molecule has 2 aromatic rings. The lowest BCUT2D eigenvalue weighted by molar-refractivity contribution is -0.142. The first kappa shape index (κ1) is 18.6. The van der Waals surface area contributed by atoms with Crippen molar-refractivity contribution >= 4 is 46.7 Å². The zero-order valence-electron chi connectivity index (χ0n) is 12.7. The second-order valence-electron chi connectivity index (χ2n) is 5.00. The maximum Gasteiger partial charge on any atom is 0.328 e. The van der Waals surface area contributed by atoms with Gasteiger partial charge in [0.25, 0.3) is 5.91 Å². The Morgan fingerprint density at radius 3 is 2.25 bits per heavy atom. The Balaban J connectivity index is 2.17. The van der Waals surface area contributed by atoms with Gasteiger partial charge < -0.3 is 10.1 Å². The number of methoxy groups -OCH3 is 1. The smallest absolute Gasteiger partial charge is 0.328 e. The summed E-state index contributed by atoms with van der Waals surface area (Å²) in [6.45, 7) is 0. The van der Waals surface area contributed by atoms with E-state index in [4.69, 9.17) is 39.5 Å². The Bertz CT molecular complexity index is 747. The van der Waals surface area contributed by atoms with E-state index >= 15 is 0 Å². The van der Waals surface area contributed by atoms with Crippen molar-refractivity contribution in [3.63, 3.8) is 0 Å². The molecule has 2 rings (SSSR count). The molecule has 0 spiro atoms. The summed E-state index contributed by atoms with van der Waals surface area (Å²) in [6, 6.07) is 10.4. The lowest BCUT2D eigenvalue weighted by atomic mass is 10.1. The van der Waals surface area contributed by atoms with Crippen molar-refractivity contribution in [1.82, 2.24) is 5.32 Å². The molecule has 0 unspecified atom stereocenters. The van der Waals surface area contributed by atoms with Crippen molar-refractivity contribution in [3.8, 4) is 0 Å². The number of esters is 1. The van der Waals surface area contributed by atoms with E-state index in [9.17, 15) is 9.59 Å². The molecule has 0 aromatic heterocycles. The van der Waals surface area contributed by atoms with Crippen LogP contribution in [0.15, 0.2) is 42.5 Å². The zero-order chi connectivity index (χ0) is 17.7. The monoisotopic (exact) mass is 385 g/mol. The standard InChI is InChI=1S/C17H14Cl3NO3/c1-24-17(23)15(8-11-4-7-13(19)9-14(11)20)21-16(22)10-2-5-12(18)6-3-10/h2-7,9,15H,8H2,1H3,(H,21,22)/t15-/m1/s1. The number of carbonyl (C=O) groups is 2. The molecule has 0 saturated heterocycles. The maximum absolute atomic E-state index is 12.3. The van der Waals surface area contributed by atoms with E-state index in [1.54, 1.807) is 42.5 Å². The Morgan fingerprint density at radius 2 is 1.67 bits per heavy atom. The molecule has 0 radical (unpaired) electrons. The molecule has 126 valence electrons. The van der Waals surface area contributed by atoms with Crippen LogP contribution < -0.4 is 5.32 Å². The van der Waals surface area contributed by atoms with Gasteiger partial charge in [-0.05, 0) is 42.0 Å². The molecule has 24 heavy (non-hydrogen) atoms. The summed E-state index contributed by atoms with van der Waals surface area (Å²) in [4.78, 5) is 24.3. The minimum absolute atomic E-state index is 0.183. The molecule has 0 aliphatic heterocycles. The highest BCUT2D eigenvalue weighted by Crippen LogP contribution is 2.22. The van der Waals surface area contributed by atoms with Gasteiger partial charge in [-0.15, -0.1) is 0 Å². The molecular formula is C17H14Cl3NO3. The molecule has 1 atom stereocenters. The van der Waals surface area contributed by atoms with Crippen molar-refractivity contribution in [3.05, 3.63) is 68.7 Å². The number of ether oxygens (including phenoxy) is 1. The zero-order valence-corrected chi connectivity index (χ0v) is 15.0. The first-order valence-corrected chi connectivity index (χ1v) is 8.12. The number of hydrogen-bond donors (Lipinski definition) is 1. The topological polar surface area (TPSA) is 55.4 Å². The van der Waals surface area contributed by atoms with Crippen molar-refractivity contribution in [2.24, 2.45) is 0 Å². The summed E-state index contributed by atoms with van der Waals surface area (Å²) in [5.41, 5.74) is 1.06. The number of benzene rings is 2. The fourth-order valence-corrected chi connectivity index (χ4v) is 2.70. The summed E-state index contributed by atoms with van der Waals surface area (Å²) in [5.74, 6) is -0.976. The lowest BCUT2D eigenvalue weighted by Gasteiger charge is -2.17. The molecule has 4 nitrogen and oxygen atoms in total. The van der Waals surface area contributed by atoms with Gasteiger partial charge in [-0.2, -0.15) is 0 Å². The van der Waals surface area contributed by atoms with Crippen LogP contribution in [-0.2, 0) is 16.0 Å². The average Bonchev–Trinajstić information content (AvgIpc) is 2.56. The molecule has 0 bridgehead atoms. The molecule has 0 aliphatic rings. The molecule has 1 N–H and O–H groups in total. The van der Waals surface area contributed by atoms with E-state index in [-0.39, 0.29) is 6.42 Å². The average molecular weight is 387 g/mol. The maximum atomic E-state index is 12.3. The van der Waals surface area contributed by atoms with Crippen molar-refractivity contribution in [2.45, 2.75) is 12.5 Å². The number of carbonyl (C=O) groups excluding carboxylic acids is 2. The predicted octanol–water partition coefficient (Wildman–Crippen LogP) is 4.16. The number of halogens is 3. The van der Waals surface area contributed by atoms with E-state index in [1.165, 1.54) is 7.11 Å². The second-order valence-corrected chi connectivity index (χ2v) is 6.28. The Labute approximate surface area is 154 Å². The number of nitrogens with one attached hydrogen (secondary N) is 1. The first-order chi connectivity index (χ1) is 11.4. The molecule has 7 heteroatoms. The van der Waals surface area contributed by atoms with Gasteiger partial charge in [-0.1, -0.05) is 40.9 Å². The third-order valence-corrected chi connectivity index (χ3v) is 4.18. The molecule has 0 heterocycles. The number of amides is 1. The minimum Gasteiger partial charge on any atom is -0.467 e. The molecule has 0 fully saturated rings. The summed E-state index contributed by atoms with van der Waals surface area (Å²) in [5, 5.41) is 4.07. The van der Waals surface area contributed by atoms with Crippen LogP contribution in [0.1, 0.15) is 15.9 Å². The van der Waals surface area contributed by atoms with E-state index in [0.717, 1.165) is 0 Å². The van der Waals surface area contributed by atoms with E-state index in [1.807, 2.05) is 0 Å². The minimum atomic E-state index is -0.878. The van der Waals surface area contributed by atoms with Gasteiger partial charge in [0.2, 0.25) is 0 Å². The molecule has 2 aromatic carbocycles. The highest BCUT2D eigenvalue weighted by molar-refractivity contribution is 6.35. The van der Waals surface area contributed by atoms with Crippen LogP contribution >= 0.6 is 34.8 Å². The predicted molar refractivity (Wildman–Crippen MR) is 94.9 cm³/mol. The van der Waals surface area contributed by atoms with Crippen LogP contribution in [0.5, 0.6) is 0 Å². The number of hydrogen-bond acceptors (Lipinski definition) is 3. The van der Waals surface area contributed by atoms with Crippen LogP contribution in [-0.4, -0.2) is 25.0 Å². The van der Waals surface area contributed by atoms with Crippen LogP contribution in [0.25, 0.3) is 0 Å². The van der Waals surface area contributed by atoms with Gasteiger partial charge in [0.1, 0.15) is 6.04 Å². The van der Waals surface area contributed by atoms with E-state index in [2.05, 4.69) is 5.32 Å². The SMILES string of the molecule is COC(=O)[C@@H](Cc1ccc(Cl)cc1Cl)NC(=O)c1ccc(Cl)cc1. The van der Waals surface area contributed by atoms with Crippen LogP contribution in [0, 0.1) is 0 Å². The fraction of sp³-hybridized carbons (Fsp3) is 0.176. The highest BCUT2D eigenvalue weighted by Gasteiger charge is 2.23. The van der Waals surface area contributed by atoms with Crippen LogP contribution in [0.2, 0.25) is 15.1 Å². The molecule has 0 aliphatic carbocycles. The summed E-state index contributed by atoms with van der Waals surface area (Å²) in [7, 11) is 1.26. The Morgan fingerprint density at radius 1 is 1.04 bits per heavy atom. The second kappa shape index (κ2) is 8.38. The highest BCUT2D eigenvalue weighted by atomic mass is 35.5. The van der Waals surface area contributed by atoms with Gasteiger partial charge in [0.15, 0.2) is 0 Å². The van der Waals surface area contributed by atoms with E-state index in [0.29, 0.717) is 26.2 Å². The largest absolute Gasteiger partial charge is 0.467 e. The number of rotatable bonds is 5. The van der Waals surface area contributed by atoms with Gasteiger partial charge >= 0.3 is 5.97 Å². The van der Waals surface area contributed by atoms with E-state index < -0.39 is 17.9 Å². The lowest BCUT2D eigenvalue weighted by Crippen LogP contribution is -2.43. The quantitative estimate of drug-likeness (QED) is 0.785. The van der Waals surface area contributed by atoms with Crippen LogP contribution in [0.3, 0.4) is 0 Å². The first-order valence-electron chi connectivity index (χ1n) is 6.99. The molecular weight excluding hydrogens is 373 g/mol. The summed E-state index contributed by atoms with van der Waals surface area (Å²) < 4.78 is 4.76. The van der Waals surface area contributed by atoms with Gasteiger partial charge in [0.05, 0.1) is 7.11 Å². The van der Waals surface area contributed by atoms with Crippen LogP contribution in [0.4, 0.5) is 0 Å². The van der Waals surface area contributed by atoms with Gasteiger partial charge in [-0.3, -0.25) is 4.79 Å². The summed E-state index contributed by atoms with van der Waals surface area (Å²) >= 11 is 17.8. The molecule has 0 saturated carbocycles. The Kier molecular flexibility index (Phi) is 6.49. The van der Waals surface area contributed by atoms with Crippen molar-refractivity contribution < 1.29 is 14.3 Å². The van der Waals surface area contributed by atoms with Crippen molar-refractivity contribution in [1.29, 1.82) is 0 Å². The van der Waals surface area contributed by atoms with Gasteiger partial charge in [0, 0.05) is 27.1 Å². The normalized spacial score (nSPS) is 11.7. The van der Waals surface area contributed by atoms with Gasteiger partial charge in [-0.25, -0.2) is 4.79 Å². The molecule has 1 amide bonds. The summed E-state index contributed by atoms with van der Waals surface area (Å²) in [6.07, 6.45) is 0.183. The fourth-order valence-electron chi connectivity index (χ4n) is 2.09.